The van der Waals surface area contributed by atoms with Gasteiger partial charge in [-0.2, -0.15) is 5.10 Å². The minimum atomic E-state index is -3.69. The summed E-state index contributed by atoms with van der Waals surface area (Å²) in [6.07, 6.45) is 0.291. The standard InChI is InChI=1S/C28H29F2N7O2S/c1-14-15(2)32-20(13-31-14)10-19-11-22(27-23(33-19)12-24(35-27)28(29)30)34-21-8-7-18(9-25(21)40(6,38)39)26-16(3)36-37(5)17(26)4/h7-9,11,13,28H,10,12H2,1-6H3,(H,33,34). The fourth-order valence-electron chi connectivity index (χ4n) is 4.85. The number of nitrogens with zero attached hydrogens (tertiary/aromatic N) is 6. The predicted molar refractivity (Wildman–Crippen MR) is 150 cm³/mol. The van der Waals surface area contributed by atoms with Crippen molar-refractivity contribution in [1.29, 1.82) is 0 Å². The van der Waals surface area contributed by atoms with Crippen molar-refractivity contribution >= 4 is 32.6 Å². The van der Waals surface area contributed by atoms with Gasteiger partial charge in [-0.3, -0.25) is 19.6 Å². The number of benzene rings is 1. The van der Waals surface area contributed by atoms with Gasteiger partial charge in [0.05, 0.1) is 50.5 Å². The number of halogens is 2. The van der Waals surface area contributed by atoms with E-state index in [0.717, 1.165) is 34.6 Å². The highest BCUT2D eigenvalue weighted by Gasteiger charge is 2.27. The van der Waals surface area contributed by atoms with Crippen LogP contribution in [0.15, 0.2) is 40.4 Å². The van der Waals surface area contributed by atoms with Crippen LogP contribution in [-0.2, 0) is 29.7 Å². The zero-order valence-corrected chi connectivity index (χ0v) is 23.9. The molecule has 12 heteroatoms. The third-order valence-corrected chi connectivity index (χ3v) is 8.16. The average molecular weight is 566 g/mol. The molecule has 0 amide bonds. The number of hydrogen-bond donors (Lipinski definition) is 1. The molecule has 0 bridgehead atoms. The molecule has 0 fully saturated rings. The zero-order valence-electron chi connectivity index (χ0n) is 23.0. The highest BCUT2D eigenvalue weighted by Crippen LogP contribution is 2.40. The van der Waals surface area contributed by atoms with Gasteiger partial charge in [-0.05, 0) is 51.5 Å². The van der Waals surface area contributed by atoms with Crippen LogP contribution >= 0.6 is 0 Å². The fourth-order valence-corrected chi connectivity index (χ4v) is 5.71. The molecule has 1 aliphatic rings. The summed E-state index contributed by atoms with van der Waals surface area (Å²) in [6.45, 7) is 7.52. The van der Waals surface area contributed by atoms with Gasteiger partial charge >= 0.3 is 0 Å². The van der Waals surface area contributed by atoms with Crippen LogP contribution in [0.5, 0.6) is 0 Å². The van der Waals surface area contributed by atoms with Crippen LogP contribution in [-0.4, -0.2) is 51.5 Å². The number of hydrogen-bond acceptors (Lipinski definition) is 8. The zero-order chi connectivity index (χ0) is 28.9. The molecule has 40 heavy (non-hydrogen) atoms. The summed E-state index contributed by atoms with van der Waals surface area (Å²) in [6, 6.07) is 6.79. The molecule has 208 valence electrons. The number of alkyl halides is 2. The van der Waals surface area contributed by atoms with E-state index < -0.39 is 16.3 Å². The first-order chi connectivity index (χ1) is 18.8. The normalized spacial score (nSPS) is 13.1. The predicted octanol–water partition coefficient (Wildman–Crippen LogP) is 5.14. The Labute approximate surface area is 231 Å². The first-order valence-corrected chi connectivity index (χ1v) is 14.5. The van der Waals surface area contributed by atoms with Gasteiger partial charge in [0.2, 0.25) is 0 Å². The monoisotopic (exact) mass is 565 g/mol. The Morgan fingerprint density at radius 2 is 1.75 bits per heavy atom. The number of aliphatic imine (C=N–C) groups is 1. The van der Waals surface area contributed by atoms with Gasteiger partial charge in [0.15, 0.2) is 9.84 Å². The number of anilines is 2. The molecule has 0 saturated carbocycles. The number of nitrogens with one attached hydrogen (secondary N) is 1. The summed E-state index contributed by atoms with van der Waals surface area (Å²) < 4.78 is 54.8. The molecular weight excluding hydrogens is 536 g/mol. The van der Waals surface area contributed by atoms with E-state index in [-0.39, 0.29) is 22.7 Å². The largest absolute Gasteiger partial charge is 0.353 e. The molecule has 0 unspecified atom stereocenters. The van der Waals surface area contributed by atoms with E-state index in [9.17, 15) is 17.2 Å². The maximum atomic E-state index is 13.6. The van der Waals surface area contributed by atoms with Gasteiger partial charge in [-0.1, -0.05) is 6.07 Å². The van der Waals surface area contributed by atoms with Crippen molar-refractivity contribution < 1.29 is 17.2 Å². The van der Waals surface area contributed by atoms with Crippen molar-refractivity contribution in [2.45, 2.75) is 51.9 Å². The van der Waals surface area contributed by atoms with Gasteiger partial charge in [0.1, 0.15) is 5.69 Å². The molecule has 0 radical (unpaired) electrons. The molecular formula is C28H29F2N7O2S. The topological polar surface area (TPSA) is 115 Å². The number of pyridine rings is 1. The number of aromatic nitrogens is 5. The van der Waals surface area contributed by atoms with E-state index >= 15 is 0 Å². The Kier molecular flexibility index (Phi) is 6.99. The maximum Gasteiger partial charge on any atom is 0.277 e. The van der Waals surface area contributed by atoms with Crippen LogP contribution in [0.3, 0.4) is 0 Å². The first-order valence-electron chi connectivity index (χ1n) is 12.6. The lowest BCUT2D eigenvalue weighted by atomic mass is 10.0. The van der Waals surface area contributed by atoms with Gasteiger partial charge in [0.25, 0.3) is 6.43 Å². The molecule has 4 heterocycles. The Morgan fingerprint density at radius 1 is 1.00 bits per heavy atom. The minimum absolute atomic E-state index is 0.0656. The van der Waals surface area contributed by atoms with Crippen molar-refractivity contribution in [2.75, 3.05) is 11.6 Å². The lowest BCUT2D eigenvalue weighted by Gasteiger charge is -2.16. The lowest BCUT2D eigenvalue weighted by Crippen LogP contribution is -2.10. The fraction of sp³-hybridized carbons (Fsp3) is 0.321. The molecule has 4 aromatic rings. The van der Waals surface area contributed by atoms with Gasteiger partial charge in [0, 0.05) is 49.3 Å². The van der Waals surface area contributed by atoms with E-state index in [4.69, 9.17) is 0 Å². The van der Waals surface area contributed by atoms with Crippen LogP contribution in [0.4, 0.5) is 25.8 Å². The molecule has 9 nitrogen and oxygen atoms in total. The van der Waals surface area contributed by atoms with Crippen molar-refractivity contribution in [3.8, 4) is 11.1 Å². The Balaban J connectivity index is 1.60. The second-order valence-corrected chi connectivity index (χ2v) is 12.0. The summed E-state index contributed by atoms with van der Waals surface area (Å²) in [5.74, 6) is 0. The number of sulfone groups is 1. The Bertz CT molecular complexity index is 1800. The van der Waals surface area contributed by atoms with Crippen molar-refractivity contribution in [3.63, 3.8) is 0 Å². The smallest absolute Gasteiger partial charge is 0.277 e. The molecule has 1 N–H and O–H groups in total. The third kappa shape index (κ3) is 5.23. The second kappa shape index (κ2) is 10.2. The Morgan fingerprint density at radius 3 is 2.38 bits per heavy atom. The first kappa shape index (κ1) is 27.5. The van der Waals surface area contributed by atoms with Crippen LogP contribution in [0.25, 0.3) is 11.1 Å². The third-order valence-electron chi connectivity index (χ3n) is 7.03. The lowest BCUT2D eigenvalue weighted by molar-refractivity contribution is 0.224. The highest BCUT2D eigenvalue weighted by molar-refractivity contribution is 7.90. The van der Waals surface area contributed by atoms with Crippen molar-refractivity contribution in [1.82, 2.24) is 24.7 Å². The Hall–Kier alpha value is -4.06. The van der Waals surface area contributed by atoms with Gasteiger partial charge in [-0.25, -0.2) is 22.2 Å². The molecule has 1 aliphatic heterocycles. The average Bonchev–Trinajstić information content (AvgIpc) is 3.41. The number of aryl methyl sites for hydroxylation is 4. The second-order valence-electron chi connectivity index (χ2n) is 10.0. The number of rotatable bonds is 7. The minimum Gasteiger partial charge on any atom is -0.353 e. The molecule has 0 spiro atoms. The summed E-state index contributed by atoms with van der Waals surface area (Å²) in [5, 5.41) is 7.61. The van der Waals surface area contributed by atoms with Crippen LogP contribution in [0.2, 0.25) is 0 Å². The highest BCUT2D eigenvalue weighted by atomic mass is 32.2. The van der Waals surface area contributed by atoms with Crippen molar-refractivity contribution in [2.24, 2.45) is 12.0 Å². The van der Waals surface area contributed by atoms with Crippen LogP contribution in [0, 0.1) is 27.7 Å². The maximum absolute atomic E-state index is 13.6. The molecule has 0 atom stereocenters. The molecule has 0 saturated heterocycles. The van der Waals surface area contributed by atoms with Crippen LogP contribution < -0.4 is 5.32 Å². The number of fused-ring (bicyclic) bond motifs is 1. The van der Waals surface area contributed by atoms with E-state index in [1.54, 1.807) is 29.1 Å². The van der Waals surface area contributed by atoms with E-state index in [2.05, 4.69) is 30.4 Å². The summed E-state index contributed by atoms with van der Waals surface area (Å²) in [4.78, 5) is 17.7. The van der Waals surface area contributed by atoms with E-state index in [1.807, 2.05) is 40.8 Å². The van der Waals surface area contributed by atoms with Crippen LogP contribution in [0.1, 0.15) is 39.9 Å². The van der Waals surface area contributed by atoms with E-state index in [1.165, 1.54) is 0 Å². The molecule has 0 aliphatic carbocycles. The van der Waals surface area contributed by atoms with Crippen molar-refractivity contribution in [3.05, 3.63) is 70.3 Å². The summed E-state index contributed by atoms with van der Waals surface area (Å²) in [7, 11) is -1.86. The van der Waals surface area contributed by atoms with Gasteiger partial charge in [-0.15, -0.1) is 0 Å². The molecule has 5 rings (SSSR count). The summed E-state index contributed by atoms with van der Waals surface area (Å²) >= 11 is 0. The molecule has 1 aromatic carbocycles. The van der Waals surface area contributed by atoms with Gasteiger partial charge < -0.3 is 5.32 Å². The SMILES string of the molecule is Cc1ncc(Cc2cc(Nc3ccc(-c4c(C)nn(C)c4C)cc3S(C)(=O)=O)c3c(n2)CC(C(F)F)=N3)nc1C. The molecule has 3 aromatic heterocycles. The van der Waals surface area contributed by atoms with E-state index in [0.29, 0.717) is 40.4 Å². The quantitative estimate of drug-likeness (QED) is 0.330. The summed E-state index contributed by atoms with van der Waals surface area (Å²) in [5.41, 5.74) is 7.17.